The Balaban J connectivity index is 1.93. The van der Waals surface area contributed by atoms with Gasteiger partial charge in [0.25, 0.3) is 10.1 Å². The zero-order valence-electron chi connectivity index (χ0n) is 13.9. The molecule has 5 aromatic rings. The van der Waals surface area contributed by atoms with E-state index in [4.69, 9.17) is 4.55 Å². The molecule has 0 saturated heterocycles. The van der Waals surface area contributed by atoms with Gasteiger partial charge >= 0.3 is 0 Å². The van der Waals surface area contributed by atoms with Crippen LogP contribution in [0.1, 0.15) is 5.56 Å². The molecular formula is C22H16O3S. The van der Waals surface area contributed by atoms with Crippen molar-refractivity contribution in [1.82, 2.24) is 0 Å². The average Bonchev–Trinajstić information content (AvgIpc) is 2.63. The van der Waals surface area contributed by atoms with E-state index in [1.807, 2.05) is 12.1 Å². The Morgan fingerprint density at radius 3 is 1.85 bits per heavy atom. The first kappa shape index (κ1) is 15.6. The molecule has 0 aliphatic carbocycles. The van der Waals surface area contributed by atoms with Crippen LogP contribution >= 0.6 is 0 Å². The van der Waals surface area contributed by atoms with Crippen LogP contribution in [0.2, 0.25) is 0 Å². The molecule has 0 bridgehead atoms. The second-order valence-electron chi connectivity index (χ2n) is 6.79. The van der Waals surface area contributed by atoms with Gasteiger partial charge in [-0.15, -0.1) is 0 Å². The summed E-state index contributed by atoms with van der Waals surface area (Å²) in [4.78, 5) is 0. The first-order valence-electron chi connectivity index (χ1n) is 8.54. The minimum Gasteiger partial charge on any atom is -0.286 e. The third-order valence-electron chi connectivity index (χ3n) is 5.17. The van der Waals surface area contributed by atoms with Gasteiger partial charge in [-0.3, -0.25) is 4.55 Å². The van der Waals surface area contributed by atoms with Crippen molar-refractivity contribution in [3.8, 4) is 0 Å². The fourth-order valence-electron chi connectivity index (χ4n) is 4.11. The summed E-state index contributed by atoms with van der Waals surface area (Å²) in [6.07, 6.45) is 0.295. The predicted molar refractivity (Wildman–Crippen MR) is 108 cm³/mol. The minimum absolute atomic E-state index is 0.265. The number of benzene rings is 5. The van der Waals surface area contributed by atoms with E-state index in [1.54, 1.807) is 0 Å². The smallest absolute Gasteiger partial charge is 0.265 e. The van der Waals surface area contributed by atoms with E-state index < -0.39 is 10.1 Å². The summed E-state index contributed by atoms with van der Waals surface area (Å²) in [5.41, 5.74) is 0.915. The van der Waals surface area contributed by atoms with Gasteiger partial charge in [-0.2, -0.15) is 8.42 Å². The molecule has 3 nitrogen and oxygen atoms in total. The summed E-state index contributed by atoms with van der Waals surface area (Å²) in [7, 11) is -3.98. The lowest BCUT2D eigenvalue weighted by molar-refractivity contribution is 0.482. The molecule has 26 heavy (non-hydrogen) atoms. The fraction of sp³-hybridized carbons (Fsp3) is 0.0909. The van der Waals surface area contributed by atoms with Crippen molar-refractivity contribution in [3.63, 3.8) is 0 Å². The van der Waals surface area contributed by atoms with Crippen LogP contribution in [-0.2, 0) is 16.5 Å². The highest BCUT2D eigenvalue weighted by atomic mass is 32.2. The van der Waals surface area contributed by atoms with Crippen LogP contribution in [0.5, 0.6) is 0 Å². The van der Waals surface area contributed by atoms with Gasteiger partial charge in [-0.1, -0.05) is 66.7 Å². The normalized spacial score (nSPS) is 12.7. The summed E-state index contributed by atoms with van der Waals surface area (Å²) in [5, 5.41) is 9.49. The lowest BCUT2D eigenvalue weighted by Gasteiger charge is -2.15. The Hall–Kier alpha value is -2.69. The Kier molecular flexibility index (Phi) is 3.23. The number of fused-ring (bicyclic) bond motifs is 2. The zero-order chi connectivity index (χ0) is 17.9. The van der Waals surface area contributed by atoms with Gasteiger partial charge < -0.3 is 0 Å². The molecule has 0 amide bonds. The molecule has 0 spiro atoms. The summed E-state index contributed by atoms with van der Waals surface area (Å²) in [6.45, 7) is 0. The topological polar surface area (TPSA) is 54.4 Å². The van der Waals surface area contributed by atoms with Crippen LogP contribution in [-0.4, -0.2) is 18.7 Å². The highest BCUT2D eigenvalue weighted by Gasteiger charge is 2.14. The van der Waals surface area contributed by atoms with Gasteiger partial charge in [0.15, 0.2) is 0 Å². The standard InChI is InChI=1S/C22H16O3S/c23-26(24,25)11-10-14-12-16-6-3-8-18-17-7-1-4-15-5-2-9-19(21(15)17)20(13-14)22(16)18/h1-9,12-13H,10-11H2,(H,23,24,25). The number of rotatable bonds is 3. The SMILES string of the molecule is O=S(=O)(O)CCc1cc2cccc3c4cccc5cccc(c(c1)c23)c54. The van der Waals surface area contributed by atoms with Crippen molar-refractivity contribution in [2.24, 2.45) is 0 Å². The van der Waals surface area contributed by atoms with Crippen LogP contribution in [0.15, 0.2) is 66.7 Å². The molecule has 128 valence electrons. The largest absolute Gasteiger partial charge is 0.286 e. The van der Waals surface area contributed by atoms with Gasteiger partial charge in [0, 0.05) is 0 Å². The summed E-state index contributed by atoms with van der Waals surface area (Å²) >= 11 is 0. The molecule has 0 atom stereocenters. The average molecular weight is 360 g/mol. The minimum atomic E-state index is -3.98. The highest BCUT2D eigenvalue weighted by Crippen LogP contribution is 2.40. The zero-order valence-corrected chi connectivity index (χ0v) is 14.8. The Morgan fingerprint density at radius 2 is 1.23 bits per heavy atom. The monoisotopic (exact) mass is 360 g/mol. The van der Waals surface area contributed by atoms with E-state index >= 15 is 0 Å². The van der Waals surface area contributed by atoms with Crippen LogP contribution in [0.25, 0.3) is 43.1 Å². The molecule has 0 saturated carbocycles. The Bertz CT molecular complexity index is 1400. The van der Waals surface area contributed by atoms with E-state index in [0.717, 1.165) is 16.3 Å². The number of hydrogen-bond donors (Lipinski definition) is 1. The van der Waals surface area contributed by atoms with Crippen molar-refractivity contribution >= 4 is 53.2 Å². The molecule has 1 N–H and O–H groups in total. The van der Waals surface area contributed by atoms with E-state index in [-0.39, 0.29) is 5.75 Å². The molecule has 0 unspecified atom stereocenters. The molecule has 5 aromatic carbocycles. The quantitative estimate of drug-likeness (QED) is 0.274. The Labute approximate surface area is 150 Å². The van der Waals surface area contributed by atoms with Crippen LogP contribution < -0.4 is 0 Å². The summed E-state index contributed by atoms with van der Waals surface area (Å²) in [6, 6.07) is 23.0. The van der Waals surface area contributed by atoms with Gasteiger partial charge in [0.1, 0.15) is 0 Å². The van der Waals surface area contributed by atoms with Gasteiger partial charge in [0.2, 0.25) is 0 Å². The molecule has 0 aliphatic rings. The molecular weight excluding hydrogens is 344 g/mol. The van der Waals surface area contributed by atoms with Crippen molar-refractivity contribution < 1.29 is 13.0 Å². The molecule has 0 fully saturated rings. The maximum Gasteiger partial charge on any atom is 0.265 e. The molecule has 0 heterocycles. The van der Waals surface area contributed by atoms with E-state index in [9.17, 15) is 8.42 Å². The van der Waals surface area contributed by atoms with Crippen LogP contribution in [0.4, 0.5) is 0 Å². The third kappa shape index (κ3) is 2.34. The van der Waals surface area contributed by atoms with E-state index in [1.165, 1.54) is 32.3 Å². The van der Waals surface area contributed by atoms with Crippen LogP contribution in [0.3, 0.4) is 0 Å². The van der Waals surface area contributed by atoms with Crippen molar-refractivity contribution in [2.45, 2.75) is 6.42 Å². The lowest BCUT2D eigenvalue weighted by Crippen LogP contribution is -2.06. The lowest BCUT2D eigenvalue weighted by atomic mass is 9.88. The molecule has 0 aliphatic heterocycles. The van der Waals surface area contributed by atoms with E-state index in [0.29, 0.717) is 6.42 Å². The fourth-order valence-corrected chi connectivity index (χ4v) is 4.60. The molecule has 4 heteroatoms. The summed E-state index contributed by atoms with van der Waals surface area (Å²) < 4.78 is 31.4. The first-order chi connectivity index (χ1) is 12.5. The molecule has 0 aromatic heterocycles. The maximum absolute atomic E-state index is 11.2. The second-order valence-corrected chi connectivity index (χ2v) is 8.36. The predicted octanol–water partition coefficient (Wildman–Crippen LogP) is 5.17. The second kappa shape index (κ2) is 5.40. The number of aryl methyl sites for hydroxylation is 1. The highest BCUT2D eigenvalue weighted by molar-refractivity contribution is 7.85. The Morgan fingerprint density at radius 1 is 0.692 bits per heavy atom. The maximum atomic E-state index is 11.2. The van der Waals surface area contributed by atoms with Crippen molar-refractivity contribution in [3.05, 3.63) is 72.3 Å². The van der Waals surface area contributed by atoms with Crippen LogP contribution in [0, 0.1) is 0 Å². The first-order valence-corrected chi connectivity index (χ1v) is 10.2. The van der Waals surface area contributed by atoms with E-state index in [2.05, 4.69) is 54.6 Å². The van der Waals surface area contributed by atoms with Gasteiger partial charge in [-0.25, -0.2) is 0 Å². The van der Waals surface area contributed by atoms with Crippen molar-refractivity contribution in [1.29, 1.82) is 0 Å². The van der Waals surface area contributed by atoms with Crippen molar-refractivity contribution in [2.75, 3.05) is 5.75 Å². The molecule has 0 radical (unpaired) electrons. The third-order valence-corrected chi connectivity index (χ3v) is 5.89. The summed E-state index contributed by atoms with van der Waals surface area (Å²) in [5.74, 6) is -0.265. The van der Waals surface area contributed by atoms with Gasteiger partial charge in [-0.05, 0) is 55.1 Å². The van der Waals surface area contributed by atoms with Gasteiger partial charge in [0.05, 0.1) is 5.75 Å². The molecule has 5 rings (SSSR count). The number of hydrogen-bond acceptors (Lipinski definition) is 2.